The number of rotatable bonds is 1. The van der Waals surface area contributed by atoms with Crippen LogP contribution in [0.25, 0.3) is 0 Å². The molecule has 0 bridgehead atoms. The van der Waals surface area contributed by atoms with Crippen molar-refractivity contribution in [1.82, 2.24) is 10.3 Å². The number of carbonyl (C=O) groups excluding carboxylic acids is 1. The first-order chi connectivity index (χ1) is 7.89. The summed E-state index contributed by atoms with van der Waals surface area (Å²) in [7, 11) is 0. The molecule has 0 aliphatic rings. The lowest BCUT2D eigenvalue weighted by atomic mass is 10.2. The molecule has 0 radical (unpaired) electrons. The third-order valence-electron chi connectivity index (χ3n) is 1.73. The SMILES string of the molecule is CC(=O)NCC#Cc1ccc(C(F)(F)F)cn1. The van der Waals surface area contributed by atoms with Gasteiger partial charge in [-0.1, -0.05) is 5.92 Å². The van der Waals surface area contributed by atoms with Gasteiger partial charge in [-0.2, -0.15) is 13.2 Å². The van der Waals surface area contributed by atoms with Crippen molar-refractivity contribution in [3.63, 3.8) is 0 Å². The minimum atomic E-state index is -4.39. The molecule has 1 aromatic heterocycles. The van der Waals surface area contributed by atoms with Crippen LogP contribution in [0.15, 0.2) is 18.3 Å². The normalized spacial score (nSPS) is 10.4. The summed E-state index contributed by atoms with van der Waals surface area (Å²) in [5.41, 5.74) is -0.590. The van der Waals surface area contributed by atoms with Crippen LogP contribution in [0, 0.1) is 11.8 Å². The average Bonchev–Trinajstić information content (AvgIpc) is 2.23. The molecule has 6 heteroatoms. The summed E-state index contributed by atoms with van der Waals surface area (Å²) in [6.07, 6.45) is -3.67. The molecule has 0 saturated heterocycles. The van der Waals surface area contributed by atoms with Crippen molar-refractivity contribution in [2.24, 2.45) is 0 Å². The van der Waals surface area contributed by atoms with Crippen molar-refractivity contribution in [1.29, 1.82) is 0 Å². The number of amides is 1. The van der Waals surface area contributed by atoms with E-state index in [0.717, 1.165) is 12.3 Å². The van der Waals surface area contributed by atoms with E-state index in [1.165, 1.54) is 13.0 Å². The van der Waals surface area contributed by atoms with Crippen LogP contribution in [0.4, 0.5) is 13.2 Å². The minimum Gasteiger partial charge on any atom is -0.345 e. The Hall–Kier alpha value is -2.03. The lowest BCUT2D eigenvalue weighted by Crippen LogP contribution is -2.19. The molecule has 1 aromatic rings. The second kappa shape index (κ2) is 5.34. The molecule has 0 aliphatic heterocycles. The van der Waals surface area contributed by atoms with Gasteiger partial charge in [-0.25, -0.2) is 4.98 Å². The predicted octanol–water partition coefficient (Wildman–Crippen LogP) is 1.59. The first-order valence-corrected chi connectivity index (χ1v) is 4.66. The summed E-state index contributed by atoms with van der Waals surface area (Å²) in [4.78, 5) is 14.0. The van der Waals surface area contributed by atoms with E-state index in [9.17, 15) is 18.0 Å². The summed E-state index contributed by atoms with van der Waals surface area (Å²) in [5.74, 6) is 4.88. The first kappa shape index (κ1) is 13.0. The molecule has 17 heavy (non-hydrogen) atoms. The third kappa shape index (κ3) is 4.55. The molecule has 0 saturated carbocycles. The second-order valence-corrected chi connectivity index (χ2v) is 3.14. The molecule has 1 amide bonds. The van der Waals surface area contributed by atoms with Crippen molar-refractivity contribution in [3.05, 3.63) is 29.6 Å². The van der Waals surface area contributed by atoms with Crippen LogP contribution in [0.3, 0.4) is 0 Å². The van der Waals surface area contributed by atoms with Crippen LogP contribution in [0.1, 0.15) is 18.2 Å². The summed E-state index contributed by atoms with van der Waals surface area (Å²) >= 11 is 0. The number of hydrogen-bond donors (Lipinski definition) is 1. The molecule has 1 N–H and O–H groups in total. The highest BCUT2D eigenvalue weighted by Crippen LogP contribution is 2.28. The monoisotopic (exact) mass is 242 g/mol. The van der Waals surface area contributed by atoms with Crippen LogP contribution >= 0.6 is 0 Å². The van der Waals surface area contributed by atoms with E-state index in [1.54, 1.807) is 0 Å². The van der Waals surface area contributed by atoms with Gasteiger partial charge in [-0.05, 0) is 18.1 Å². The Balaban J connectivity index is 2.66. The average molecular weight is 242 g/mol. The Bertz CT molecular complexity index is 454. The van der Waals surface area contributed by atoms with E-state index in [2.05, 4.69) is 22.1 Å². The van der Waals surface area contributed by atoms with E-state index in [0.29, 0.717) is 0 Å². The van der Waals surface area contributed by atoms with E-state index < -0.39 is 11.7 Å². The van der Waals surface area contributed by atoms with Gasteiger partial charge in [-0.15, -0.1) is 0 Å². The van der Waals surface area contributed by atoms with Crippen LogP contribution in [0.2, 0.25) is 0 Å². The molecular formula is C11H9F3N2O. The van der Waals surface area contributed by atoms with Gasteiger partial charge in [0, 0.05) is 13.1 Å². The molecule has 0 unspecified atom stereocenters. The van der Waals surface area contributed by atoms with Crippen LogP contribution in [-0.4, -0.2) is 17.4 Å². The Morgan fingerprint density at radius 1 is 1.47 bits per heavy atom. The lowest BCUT2D eigenvalue weighted by Gasteiger charge is -2.04. The van der Waals surface area contributed by atoms with Crippen LogP contribution in [-0.2, 0) is 11.0 Å². The fourth-order valence-corrected chi connectivity index (χ4v) is 0.939. The molecule has 0 atom stereocenters. The maximum Gasteiger partial charge on any atom is 0.417 e. The Kier molecular flexibility index (Phi) is 4.10. The Morgan fingerprint density at radius 2 is 2.18 bits per heavy atom. The van der Waals surface area contributed by atoms with Gasteiger partial charge in [0.25, 0.3) is 0 Å². The van der Waals surface area contributed by atoms with Gasteiger partial charge in [0.1, 0.15) is 5.69 Å². The minimum absolute atomic E-state index is 0.137. The maximum absolute atomic E-state index is 12.2. The zero-order chi connectivity index (χ0) is 12.9. The molecule has 3 nitrogen and oxygen atoms in total. The number of pyridine rings is 1. The van der Waals surface area contributed by atoms with E-state index >= 15 is 0 Å². The van der Waals surface area contributed by atoms with Gasteiger partial charge in [-0.3, -0.25) is 4.79 Å². The summed E-state index contributed by atoms with van der Waals surface area (Å²) < 4.78 is 36.6. The number of nitrogens with one attached hydrogen (secondary N) is 1. The summed E-state index contributed by atoms with van der Waals surface area (Å²) in [5, 5.41) is 2.43. The predicted molar refractivity (Wildman–Crippen MR) is 54.8 cm³/mol. The third-order valence-corrected chi connectivity index (χ3v) is 1.73. The maximum atomic E-state index is 12.2. The van der Waals surface area contributed by atoms with Crippen molar-refractivity contribution in [2.45, 2.75) is 13.1 Å². The Morgan fingerprint density at radius 3 is 2.65 bits per heavy atom. The molecule has 1 rings (SSSR count). The van der Waals surface area contributed by atoms with Crippen LogP contribution < -0.4 is 5.32 Å². The summed E-state index contributed by atoms with van der Waals surface area (Å²) in [6.45, 7) is 1.48. The van der Waals surface area contributed by atoms with Gasteiger partial charge in [0.05, 0.1) is 12.1 Å². The molecular weight excluding hydrogens is 233 g/mol. The molecule has 0 aliphatic carbocycles. The molecule has 0 fully saturated rings. The highest BCUT2D eigenvalue weighted by Gasteiger charge is 2.30. The number of halogens is 3. The van der Waals surface area contributed by atoms with Crippen molar-refractivity contribution >= 4 is 5.91 Å². The lowest BCUT2D eigenvalue weighted by molar-refractivity contribution is -0.137. The van der Waals surface area contributed by atoms with Crippen molar-refractivity contribution in [3.8, 4) is 11.8 Å². The van der Waals surface area contributed by atoms with E-state index in [-0.39, 0.29) is 18.1 Å². The molecule has 0 spiro atoms. The largest absolute Gasteiger partial charge is 0.417 e. The van der Waals surface area contributed by atoms with Crippen molar-refractivity contribution < 1.29 is 18.0 Å². The van der Waals surface area contributed by atoms with Crippen molar-refractivity contribution in [2.75, 3.05) is 6.54 Å². The summed E-state index contributed by atoms with van der Waals surface area (Å²) in [6, 6.07) is 2.10. The molecule has 1 heterocycles. The zero-order valence-electron chi connectivity index (χ0n) is 8.93. The second-order valence-electron chi connectivity index (χ2n) is 3.14. The van der Waals surface area contributed by atoms with E-state index in [1.807, 2.05) is 0 Å². The number of carbonyl (C=O) groups is 1. The Labute approximate surface area is 96.0 Å². The number of nitrogens with zero attached hydrogens (tertiary/aromatic N) is 1. The first-order valence-electron chi connectivity index (χ1n) is 4.66. The molecule has 0 aromatic carbocycles. The fraction of sp³-hybridized carbons (Fsp3) is 0.273. The standard InChI is InChI=1S/C11H9F3N2O/c1-8(17)15-6-2-3-10-5-4-9(7-16-10)11(12,13)14/h4-5,7H,6H2,1H3,(H,15,17). The van der Waals surface area contributed by atoms with E-state index in [4.69, 9.17) is 0 Å². The number of alkyl halides is 3. The molecule has 90 valence electrons. The highest BCUT2D eigenvalue weighted by molar-refractivity contribution is 5.73. The topological polar surface area (TPSA) is 42.0 Å². The number of aromatic nitrogens is 1. The fourth-order valence-electron chi connectivity index (χ4n) is 0.939. The van der Waals surface area contributed by atoms with Gasteiger partial charge in [0.2, 0.25) is 5.91 Å². The zero-order valence-corrected chi connectivity index (χ0v) is 8.93. The van der Waals surface area contributed by atoms with Gasteiger partial charge < -0.3 is 5.32 Å². The smallest absolute Gasteiger partial charge is 0.345 e. The quantitative estimate of drug-likeness (QED) is 0.760. The van der Waals surface area contributed by atoms with Gasteiger partial charge in [0.15, 0.2) is 0 Å². The van der Waals surface area contributed by atoms with Crippen LogP contribution in [0.5, 0.6) is 0 Å². The van der Waals surface area contributed by atoms with Gasteiger partial charge >= 0.3 is 6.18 Å². The highest BCUT2D eigenvalue weighted by atomic mass is 19.4. The number of hydrogen-bond acceptors (Lipinski definition) is 2.